The van der Waals surface area contributed by atoms with E-state index >= 15 is 0 Å². The monoisotopic (exact) mass is 400 g/mol. The van der Waals surface area contributed by atoms with E-state index in [9.17, 15) is 13.2 Å². The van der Waals surface area contributed by atoms with Gasteiger partial charge in [0.05, 0.1) is 4.90 Å². The Bertz CT molecular complexity index is 934. The van der Waals surface area contributed by atoms with Gasteiger partial charge in [0.2, 0.25) is 10.0 Å². The van der Waals surface area contributed by atoms with Crippen molar-refractivity contribution >= 4 is 21.9 Å². The second-order valence-electron chi connectivity index (χ2n) is 6.70. The highest BCUT2D eigenvalue weighted by atomic mass is 32.2. The smallest absolute Gasteiger partial charge is 0.243 e. The van der Waals surface area contributed by atoms with E-state index in [4.69, 9.17) is 5.11 Å². The van der Waals surface area contributed by atoms with Crippen LogP contribution in [0.1, 0.15) is 11.1 Å². The van der Waals surface area contributed by atoms with Gasteiger partial charge in [-0.3, -0.25) is 9.69 Å². The number of nitrogens with zero attached hydrogens (tertiary/aromatic N) is 2. The molecule has 1 aliphatic rings. The first kappa shape index (κ1) is 20.4. The first-order valence-corrected chi connectivity index (χ1v) is 10.6. The molecule has 1 saturated heterocycles. The Morgan fingerprint density at radius 3 is 2.39 bits per heavy atom. The van der Waals surface area contributed by atoms with Crippen molar-refractivity contribution < 1.29 is 18.3 Å². The molecule has 28 heavy (non-hydrogen) atoms. The first-order chi connectivity index (χ1) is 13.5. The van der Waals surface area contributed by atoms with Gasteiger partial charge >= 0.3 is 0 Å². The summed E-state index contributed by atoms with van der Waals surface area (Å²) < 4.78 is 27.5. The normalized spacial score (nSPS) is 16.5. The highest BCUT2D eigenvalue weighted by Gasteiger charge is 2.28. The number of ketones is 1. The zero-order chi connectivity index (χ0) is 20.0. The lowest BCUT2D eigenvalue weighted by molar-refractivity contribution is -0.117. The van der Waals surface area contributed by atoms with Crippen molar-refractivity contribution in [2.75, 3.05) is 32.8 Å². The van der Waals surface area contributed by atoms with Gasteiger partial charge in [-0.1, -0.05) is 48.5 Å². The maximum Gasteiger partial charge on any atom is 0.243 e. The summed E-state index contributed by atoms with van der Waals surface area (Å²) in [6.45, 7) is 2.49. The van der Waals surface area contributed by atoms with Gasteiger partial charge in [0, 0.05) is 32.7 Å². The molecule has 0 spiro atoms. The van der Waals surface area contributed by atoms with E-state index in [1.54, 1.807) is 24.3 Å². The number of aliphatic hydroxyl groups excluding tert-OH is 1. The number of carbonyl (C=O) groups excluding carboxylic acids is 1. The maximum absolute atomic E-state index is 13.0. The van der Waals surface area contributed by atoms with Crippen LogP contribution >= 0.6 is 0 Å². The summed E-state index contributed by atoms with van der Waals surface area (Å²) >= 11 is 0. The predicted molar refractivity (Wildman–Crippen MR) is 108 cm³/mol. The summed E-state index contributed by atoms with van der Waals surface area (Å²) in [6.07, 6.45) is 2.75. The van der Waals surface area contributed by atoms with Crippen molar-refractivity contribution in [2.24, 2.45) is 0 Å². The number of benzene rings is 2. The molecule has 2 aromatic carbocycles. The van der Waals surface area contributed by atoms with E-state index in [-0.39, 0.29) is 4.90 Å². The Kier molecular flexibility index (Phi) is 6.74. The van der Waals surface area contributed by atoms with Crippen molar-refractivity contribution in [3.63, 3.8) is 0 Å². The molecule has 0 amide bonds. The van der Waals surface area contributed by atoms with Gasteiger partial charge in [0.1, 0.15) is 6.61 Å². The molecule has 7 heteroatoms. The molecule has 0 aliphatic carbocycles. The van der Waals surface area contributed by atoms with Gasteiger partial charge in [-0.15, -0.1) is 0 Å². The number of piperazine rings is 1. The summed E-state index contributed by atoms with van der Waals surface area (Å²) in [7, 11) is -3.59. The van der Waals surface area contributed by atoms with Crippen LogP contribution in [0.5, 0.6) is 0 Å². The Labute approximate surface area is 165 Å². The van der Waals surface area contributed by atoms with Gasteiger partial charge in [-0.2, -0.15) is 4.31 Å². The van der Waals surface area contributed by atoms with Crippen LogP contribution in [0, 0.1) is 0 Å². The van der Waals surface area contributed by atoms with Crippen molar-refractivity contribution in [3.05, 3.63) is 71.8 Å². The van der Waals surface area contributed by atoms with Crippen molar-refractivity contribution in [3.8, 4) is 0 Å². The summed E-state index contributed by atoms with van der Waals surface area (Å²) in [6, 6.07) is 16.6. The maximum atomic E-state index is 13.0. The summed E-state index contributed by atoms with van der Waals surface area (Å²) in [5.74, 6) is -0.428. The third-order valence-electron chi connectivity index (χ3n) is 4.69. The van der Waals surface area contributed by atoms with Crippen molar-refractivity contribution in [1.82, 2.24) is 9.21 Å². The average Bonchev–Trinajstić information content (AvgIpc) is 2.73. The highest BCUT2D eigenvalue weighted by molar-refractivity contribution is 7.89. The average molecular weight is 401 g/mol. The minimum atomic E-state index is -3.59. The van der Waals surface area contributed by atoms with E-state index in [2.05, 4.69) is 17.0 Å². The largest absolute Gasteiger partial charge is 0.388 e. The lowest BCUT2D eigenvalue weighted by atomic mass is 10.2. The zero-order valence-corrected chi connectivity index (χ0v) is 16.4. The number of rotatable bonds is 7. The van der Waals surface area contributed by atoms with Gasteiger partial charge < -0.3 is 5.11 Å². The third kappa shape index (κ3) is 5.14. The van der Waals surface area contributed by atoms with Crippen LogP contribution in [0.4, 0.5) is 0 Å². The molecule has 2 aromatic rings. The van der Waals surface area contributed by atoms with Crippen LogP contribution in [-0.2, 0) is 21.4 Å². The number of aliphatic hydroxyl groups is 1. The van der Waals surface area contributed by atoms with Crippen molar-refractivity contribution in [1.29, 1.82) is 0 Å². The topological polar surface area (TPSA) is 77.9 Å². The fraction of sp³-hybridized carbons (Fsp3) is 0.286. The second-order valence-corrected chi connectivity index (χ2v) is 8.63. The van der Waals surface area contributed by atoms with E-state index < -0.39 is 22.4 Å². The molecule has 0 aromatic heterocycles. The Hall–Kier alpha value is -2.32. The summed E-state index contributed by atoms with van der Waals surface area (Å²) in [4.78, 5) is 13.7. The van der Waals surface area contributed by atoms with Crippen LogP contribution in [0.15, 0.2) is 65.6 Å². The molecule has 6 nitrogen and oxygen atoms in total. The molecule has 0 atom stereocenters. The molecule has 1 heterocycles. The Balaban J connectivity index is 1.65. The molecule has 1 fully saturated rings. The van der Waals surface area contributed by atoms with Crippen LogP contribution in [-0.4, -0.2) is 61.3 Å². The first-order valence-electron chi connectivity index (χ1n) is 9.17. The fourth-order valence-electron chi connectivity index (χ4n) is 3.14. The SMILES string of the molecule is O=C(/C=C/c1cccc(S(=O)(=O)N2CCN(Cc3ccccc3)CC2)c1)CO. The van der Waals surface area contributed by atoms with E-state index in [0.717, 1.165) is 6.54 Å². The zero-order valence-electron chi connectivity index (χ0n) is 15.6. The van der Waals surface area contributed by atoms with Gasteiger partial charge in [0.25, 0.3) is 0 Å². The summed E-state index contributed by atoms with van der Waals surface area (Å²) in [5, 5.41) is 8.77. The molecule has 0 radical (unpaired) electrons. The lowest BCUT2D eigenvalue weighted by Crippen LogP contribution is -2.48. The van der Waals surface area contributed by atoms with Crippen LogP contribution in [0.25, 0.3) is 6.08 Å². The van der Waals surface area contributed by atoms with E-state index in [1.807, 2.05) is 18.2 Å². The minimum Gasteiger partial charge on any atom is -0.388 e. The standard InChI is InChI=1S/C21H24N2O4S/c24-17-20(25)10-9-18-7-4-8-21(15-18)28(26,27)23-13-11-22(12-14-23)16-19-5-2-1-3-6-19/h1-10,15,24H,11-14,16-17H2/b10-9+. The molecule has 0 saturated carbocycles. The van der Waals surface area contributed by atoms with Crippen LogP contribution < -0.4 is 0 Å². The number of sulfonamides is 1. The van der Waals surface area contributed by atoms with Gasteiger partial charge in [-0.05, 0) is 29.3 Å². The Morgan fingerprint density at radius 1 is 1.00 bits per heavy atom. The molecular formula is C21H24N2O4S. The predicted octanol–water partition coefficient (Wildman–Crippen LogP) is 1.77. The van der Waals surface area contributed by atoms with Crippen molar-refractivity contribution in [2.45, 2.75) is 11.4 Å². The fourth-order valence-corrected chi connectivity index (χ4v) is 4.62. The van der Waals surface area contributed by atoms with E-state index in [1.165, 1.54) is 22.0 Å². The molecule has 1 aliphatic heterocycles. The molecule has 148 valence electrons. The summed E-state index contributed by atoms with van der Waals surface area (Å²) in [5.41, 5.74) is 1.82. The number of hydrogen-bond donors (Lipinski definition) is 1. The van der Waals surface area contributed by atoms with Gasteiger partial charge in [-0.25, -0.2) is 8.42 Å². The second kappa shape index (κ2) is 9.25. The molecule has 1 N–H and O–H groups in total. The van der Waals surface area contributed by atoms with Crippen LogP contribution in [0.3, 0.4) is 0 Å². The van der Waals surface area contributed by atoms with Gasteiger partial charge in [0.15, 0.2) is 5.78 Å². The molecule has 0 bridgehead atoms. The Morgan fingerprint density at radius 2 is 1.71 bits per heavy atom. The molecule has 0 unspecified atom stereocenters. The quantitative estimate of drug-likeness (QED) is 0.717. The van der Waals surface area contributed by atoms with E-state index in [0.29, 0.717) is 31.7 Å². The minimum absolute atomic E-state index is 0.211. The molecule has 3 rings (SSSR count). The third-order valence-corrected chi connectivity index (χ3v) is 6.59. The number of carbonyl (C=O) groups is 1. The lowest BCUT2D eigenvalue weighted by Gasteiger charge is -2.34. The highest BCUT2D eigenvalue weighted by Crippen LogP contribution is 2.20. The molecular weight excluding hydrogens is 376 g/mol. The number of hydrogen-bond acceptors (Lipinski definition) is 5. The van der Waals surface area contributed by atoms with Crippen LogP contribution in [0.2, 0.25) is 0 Å².